The van der Waals surface area contributed by atoms with Crippen molar-refractivity contribution in [3.05, 3.63) is 92.3 Å². The number of likely N-dealkylation sites (tertiary alicyclic amines) is 2. The van der Waals surface area contributed by atoms with Crippen LogP contribution in [0.4, 0.5) is 29.6 Å². The third kappa shape index (κ3) is 17.1. The largest absolute Gasteiger partial charge is 0.462 e. The number of halogens is 5. The van der Waals surface area contributed by atoms with E-state index in [1.54, 1.807) is 4.90 Å². The standard InChI is InChI=1S/C31H44N6O4.C27H37N5O2.C2HF3O.CH2Cl2/c1-20-10-11-21(2)24(15-20)28(38)36-17-25-26(18-36)32-29(40-19-23-9-8-12-34(23)7)33-27(25)37-14-13-35(16-22(37)3)30(39)41-31(4,5)6;1-18-10-11-19(2)22(14-18)26(33)31-15-23-24(16-31)28-27(34-17-21-9-7-12-30(21)4)29-25(23)32-13-6-5-8-20(32)3;3-2(4,5)1-6;2-1-3/h10-11,15,22-23H,8-9,12-14,16-19H2,1-7H3;10-11,14,20-21H,5-9,12-13,15-17H2,1-4H3;1H;1H2/t22-,23-;20-,21-;;/m00../s1. The van der Waals surface area contributed by atoms with Crippen molar-refractivity contribution in [3.8, 4) is 12.0 Å². The number of hydrogen-bond donors (Lipinski definition) is 0. The van der Waals surface area contributed by atoms with Crippen LogP contribution in [0.15, 0.2) is 36.4 Å². The second-order valence-corrected chi connectivity index (χ2v) is 24.7. The molecule has 0 saturated carbocycles. The number of rotatable bonds is 10. The average molecular weight is 1210 g/mol. The van der Waals surface area contributed by atoms with Crippen LogP contribution >= 0.6 is 23.2 Å². The number of nitrogens with zero attached hydrogens (tertiary/aromatic N) is 11. The lowest BCUT2D eigenvalue weighted by atomic mass is 10.0. The molecule has 460 valence electrons. The number of benzene rings is 2. The normalized spacial score (nSPS) is 20.6. The number of aromatic nitrogens is 4. The maximum atomic E-state index is 13.7. The van der Waals surface area contributed by atoms with Gasteiger partial charge in [0, 0.05) is 72.6 Å². The van der Waals surface area contributed by atoms with Crippen LogP contribution < -0.4 is 19.3 Å². The number of ether oxygens (including phenoxy) is 3. The van der Waals surface area contributed by atoms with E-state index in [2.05, 4.69) is 53.6 Å². The molecule has 23 heteroatoms. The van der Waals surface area contributed by atoms with Crippen molar-refractivity contribution in [3.63, 3.8) is 0 Å². The van der Waals surface area contributed by atoms with Crippen molar-refractivity contribution in [1.29, 1.82) is 0 Å². The van der Waals surface area contributed by atoms with Crippen LogP contribution in [0, 0.1) is 27.7 Å². The molecule has 18 nitrogen and oxygen atoms in total. The Morgan fingerprint density at radius 3 is 1.46 bits per heavy atom. The van der Waals surface area contributed by atoms with Gasteiger partial charge in [0.25, 0.3) is 11.8 Å². The Bertz CT molecular complexity index is 2950. The lowest BCUT2D eigenvalue weighted by Gasteiger charge is -2.41. The van der Waals surface area contributed by atoms with Crippen LogP contribution in [-0.2, 0) is 35.7 Å². The Balaban J connectivity index is 0.000000213. The van der Waals surface area contributed by atoms with Gasteiger partial charge in [0.1, 0.15) is 30.5 Å². The van der Waals surface area contributed by atoms with Crippen molar-refractivity contribution in [1.82, 2.24) is 44.4 Å². The van der Waals surface area contributed by atoms with Gasteiger partial charge in [0.15, 0.2) is 0 Å². The summed E-state index contributed by atoms with van der Waals surface area (Å²) in [5.74, 6) is 1.81. The minimum Gasteiger partial charge on any atom is -0.462 e. The second kappa shape index (κ2) is 28.9. The van der Waals surface area contributed by atoms with Gasteiger partial charge in [-0.15, -0.1) is 23.2 Å². The zero-order chi connectivity index (χ0) is 61.2. The molecule has 84 heavy (non-hydrogen) atoms. The summed E-state index contributed by atoms with van der Waals surface area (Å²) in [4.78, 5) is 82.9. The first-order valence-corrected chi connectivity index (χ1v) is 30.2. The summed E-state index contributed by atoms with van der Waals surface area (Å²) in [7, 11) is 4.28. The lowest BCUT2D eigenvalue weighted by Crippen LogP contribution is -2.55. The maximum Gasteiger partial charge on any atom is 0.446 e. The van der Waals surface area contributed by atoms with E-state index >= 15 is 0 Å². The first kappa shape index (κ1) is 65.5. The molecule has 6 aliphatic heterocycles. The molecule has 2 aromatic heterocycles. The number of likely N-dealkylation sites (N-methyl/N-ethyl adjacent to an activating group) is 2. The number of aryl methyl sites for hydroxylation is 4. The number of alkyl halides is 5. The molecule has 0 N–H and O–H groups in total. The van der Waals surface area contributed by atoms with Crippen molar-refractivity contribution < 1.29 is 46.6 Å². The van der Waals surface area contributed by atoms with E-state index in [4.69, 9.17) is 62.1 Å². The van der Waals surface area contributed by atoms with Crippen LogP contribution in [-0.4, -0.2) is 176 Å². The molecule has 4 saturated heterocycles. The van der Waals surface area contributed by atoms with Crippen molar-refractivity contribution >= 4 is 59.0 Å². The highest BCUT2D eigenvalue weighted by atomic mass is 35.5. The smallest absolute Gasteiger partial charge is 0.446 e. The molecule has 0 unspecified atom stereocenters. The maximum absolute atomic E-state index is 13.7. The first-order chi connectivity index (χ1) is 39.8. The van der Waals surface area contributed by atoms with Gasteiger partial charge >= 0.3 is 24.3 Å². The number of anilines is 2. The SMILES string of the molecule is Cc1ccc(C)c(C(=O)N2Cc3nc(OC[C@@H]4CCCN4C)nc(N4CCCC[C@@H]4C)c3C2)c1.Cc1ccc(C)c(C(=O)N2Cc3nc(OC[C@@H]4CCCN4C)nc(N4CCN(C(=O)OC(C)(C)C)C[C@@H]4C)c3C2)c1.ClCCl.O=CC(F)(F)F. The quantitative estimate of drug-likeness (QED) is 0.108. The molecule has 8 heterocycles. The van der Waals surface area contributed by atoms with E-state index in [-0.39, 0.29) is 29.3 Å². The van der Waals surface area contributed by atoms with E-state index in [0.717, 1.165) is 114 Å². The van der Waals surface area contributed by atoms with Crippen LogP contribution in [0.3, 0.4) is 0 Å². The number of hydrogen-bond acceptors (Lipinski definition) is 15. The summed E-state index contributed by atoms with van der Waals surface area (Å²) in [6, 6.07) is 14.0. The first-order valence-electron chi connectivity index (χ1n) is 29.1. The topological polar surface area (TPSA) is 170 Å². The molecular weight excluding hydrogens is 1130 g/mol. The van der Waals surface area contributed by atoms with E-state index in [9.17, 15) is 27.6 Å². The number of piperazine rings is 1. The fourth-order valence-electron chi connectivity index (χ4n) is 11.5. The molecule has 0 bridgehead atoms. The van der Waals surface area contributed by atoms with Crippen molar-refractivity contribution in [2.75, 3.05) is 81.7 Å². The number of carbonyl (C=O) groups is 4. The fourth-order valence-corrected chi connectivity index (χ4v) is 11.5. The summed E-state index contributed by atoms with van der Waals surface area (Å²) in [5, 5.41) is 0.194. The van der Waals surface area contributed by atoms with E-state index < -0.39 is 18.1 Å². The highest BCUT2D eigenvalue weighted by Crippen LogP contribution is 2.37. The third-order valence-electron chi connectivity index (χ3n) is 16.2. The van der Waals surface area contributed by atoms with Crippen LogP contribution in [0.2, 0.25) is 0 Å². The predicted octanol–water partition coefficient (Wildman–Crippen LogP) is 10.4. The molecule has 0 aliphatic carbocycles. The lowest BCUT2D eigenvalue weighted by molar-refractivity contribution is -0.156. The van der Waals surface area contributed by atoms with E-state index in [1.165, 1.54) is 12.8 Å². The molecule has 4 atom stereocenters. The Morgan fingerprint density at radius 1 is 0.619 bits per heavy atom. The monoisotopic (exact) mass is 1210 g/mol. The van der Waals surface area contributed by atoms with Crippen molar-refractivity contribution in [2.24, 2.45) is 0 Å². The average Bonchev–Trinajstić information content (AvgIpc) is 2.65. The Labute approximate surface area is 503 Å². The summed E-state index contributed by atoms with van der Waals surface area (Å²) < 4.78 is 49.3. The number of fused-ring (bicyclic) bond motifs is 2. The fraction of sp³-hybridized carbons (Fsp3) is 0.607. The minimum atomic E-state index is -4.64. The molecule has 3 amide bonds. The van der Waals surface area contributed by atoms with Gasteiger partial charge in [-0.05, 0) is 158 Å². The Morgan fingerprint density at radius 2 is 1.07 bits per heavy atom. The van der Waals surface area contributed by atoms with Gasteiger partial charge < -0.3 is 48.5 Å². The summed E-state index contributed by atoms with van der Waals surface area (Å²) in [6.07, 6.45) is 2.19. The van der Waals surface area contributed by atoms with Gasteiger partial charge in [-0.2, -0.15) is 33.1 Å². The minimum absolute atomic E-state index is 0.00649. The Kier molecular flexibility index (Phi) is 22.5. The van der Waals surface area contributed by atoms with Gasteiger partial charge in [0.2, 0.25) is 6.29 Å². The van der Waals surface area contributed by atoms with Gasteiger partial charge in [-0.25, -0.2) is 4.79 Å². The van der Waals surface area contributed by atoms with E-state index in [0.29, 0.717) is 94.7 Å². The van der Waals surface area contributed by atoms with Gasteiger partial charge in [-0.1, -0.05) is 35.4 Å². The molecule has 0 spiro atoms. The Hall–Kier alpha value is -6.03. The zero-order valence-corrected chi connectivity index (χ0v) is 52.2. The molecule has 6 aliphatic rings. The van der Waals surface area contributed by atoms with Crippen LogP contribution in [0.5, 0.6) is 12.0 Å². The molecular formula is C61H84Cl2F3N11O7. The van der Waals surface area contributed by atoms with Gasteiger partial charge in [-0.3, -0.25) is 14.4 Å². The number of piperidine rings is 1. The third-order valence-corrected chi connectivity index (χ3v) is 16.2. The van der Waals surface area contributed by atoms with Crippen molar-refractivity contribution in [2.45, 2.75) is 169 Å². The molecule has 4 fully saturated rings. The summed E-state index contributed by atoms with van der Waals surface area (Å²) in [5.41, 5.74) is 8.84. The number of carbonyl (C=O) groups excluding carboxylic acids is 4. The highest BCUT2D eigenvalue weighted by molar-refractivity contribution is 6.40. The molecule has 10 rings (SSSR count). The van der Waals surface area contributed by atoms with E-state index in [1.807, 2.05) is 88.6 Å². The summed E-state index contributed by atoms with van der Waals surface area (Å²) in [6.45, 7) is 25.8. The van der Waals surface area contributed by atoms with Crippen LogP contribution in [0.25, 0.3) is 0 Å². The van der Waals surface area contributed by atoms with Crippen LogP contribution in [0.1, 0.15) is 145 Å². The number of amides is 3. The molecule has 0 radical (unpaired) electrons. The second-order valence-electron chi connectivity index (χ2n) is 23.9. The van der Waals surface area contributed by atoms with Gasteiger partial charge in [0.05, 0.1) is 42.9 Å². The molecule has 4 aromatic rings. The zero-order valence-electron chi connectivity index (χ0n) is 50.7. The number of aldehydes is 1. The molecule has 2 aromatic carbocycles. The highest BCUT2D eigenvalue weighted by Gasteiger charge is 2.38. The summed E-state index contributed by atoms with van der Waals surface area (Å²) >= 11 is 9.53. The predicted molar refractivity (Wildman–Crippen MR) is 319 cm³/mol.